The van der Waals surface area contributed by atoms with Crippen LogP contribution in [0.5, 0.6) is 5.75 Å². The third-order valence-electron chi connectivity index (χ3n) is 6.03. The van der Waals surface area contributed by atoms with Crippen molar-refractivity contribution >= 4 is 5.91 Å². The molecule has 2 aromatic rings. The molecule has 1 amide bonds. The first-order valence-electron chi connectivity index (χ1n) is 10.5. The van der Waals surface area contributed by atoms with Gasteiger partial charge in [-0.3, -0.25) is 4.79 Å². The second kappa shape index (κ2) is 9.39. The van der Waals surface area contributed by atoms with Crippen molar-refractivity contribution < 1.29 is 18.8 Å². The quantitative estimate of drug-likeness (QED) is 0.742. The zero-order valence-electron chi connectivity index (χ0n) is 17.0. The molecule has 0 spiro atoms. The lowest BCUT2D eigenvalue weighted by molar-refractivity contribution is -0.132. The standard InChI is InChI=1S/C22H29N3O4/c1-27-19-5-2-16(3-6-19)4-7-20(26)25-12-8-18(9-13-25)22-23-21(24-29-22)17-10-14-28-15-11-17/h2-3,5-6,17-18H,4,7-15H2,1H3. The number of hydrogen-bond acceptors (Lipinski definition) is 6. The van der Waals surface area contributed by atoms with Gasteiger partial charge in [0.05, 0.1) is 7.11 Å². The van der Waals surface area contributed by atoms with Gasteiger partial charge in [0.15, 0.2) is 5.82 Å². The van der Waals surface area contributed by atoms with Crippen LogP contribution in [0.15, 0.2) is 28.8 Å². The summed E-state index contributed by atoms with van der Waals surface area (Å²) in [4.78, 5) is 19.2. The van der Waals surface area contributed by atoms with Gasteiger partial charge < -0.3 is 18.9 Å². The van der Waals surface area contributed by atoms with Gasteiger partial charge in [-0.25, -0.2) is 0 Å². The third-order valence-corrected chi connectivity index (χ3v) is 6.03. The first kappa shape index (κ1) is 19.9. The van der Waals surface area contributed by atoms with Crippen LogP contribution in [0.2, 0.25) is 0 Å². The molecule has 1 aromatic heterocycles. The van der Waals surface area contributed by atoms with Crippen LogP contribution in [-0.4, -0.2) is 54.4 Å². The predicted octanol–water partition coefficient (Wildman–Crippen LogP) is 3.31. The van der Waals surface area contributed by atoms with Crippen molar-refractivity contribution in [3.05, 3.63) is 41.5 Å². The van der Waals surface area contributed by atoms with E-state index in [0.717, 1.165) is 81.4 Å². The molecule has 0 unspecified atom stereocenters. The third kappa shape index (κ3) is 4.96. The van der Waals surface area contributed by atoms with Crippen molar-refractivity contribution in [1.82, 2.24) is 15.0 Å². The summed E-state index contributed by atoms with van der Waals surface area (Å²) in [5.41, 5.74) is 1.15. The van der Waals surface area contributed by atoms with Gasteiger partial charge in [0.2, 0.25) is 11.8 Å². The molecule has 0 aliphatic carbocycles. The maximum absolute atomic E-state index is 12.6. The summed E-state index contributed by atoms with van der Waals surface area (Å²) in [6, 6.07) is 7.91. The summed E-state index contributed by atoms with van der Waals surface area (Å²) in [6.07, 6.45) is 4.96. The lowest BCUT2D eigenvalue weighted by Gasteiger charge is -2.30. The zero-order chi connectivity index (χ0) is 20.1. The van der Waals surface area contributed by atoms with Crippen LogP contribution >= 0.6 is 0 Å². The Labute approximate surface area is 171 Å². The van der Waals surface area contributed by atoms with Gasteiger partial charge in [-0.2, -0.15) is 4.98 Å². The molecule has 156 valence electrons. The maximum Gasteiger partial charge on any atom is 0.229 e. The number of methoxy groups -OCH3 is 1. The van der Waals surface area contributed by atoms with Crippen molar-refractivity contribution in [2.24, 2.45) is 0 Å². The summed E-state index contributed by atoms with van der Waals surface area (Å²) in [6.45, 7) is 3.04. The molecule has 2 aliphatic rings. The lowest BCUT2D eigenvalue weighted by Crippen LogP contribution is -2.38. The van der Waals surface area contributed by atoms with Gasteiger partial charge >= 0.3 is 0 Å². The SMILES string of the molecule is COc1ccc(CCC(=O)N2CCC(c3nc(C4CCOCC4)no3)CC2)cc1. The maximum atomic E-state index is 12.6. The van der Waals surface area contributed by atoms with Crippen molar-refractivity contribution in [2.45, 2.75) is 50.4 Å². The summed E-state index contributed by atoms with van der Waals surface area (Å²) < 4.78 is 16.1. The van der Waals surface area contributed by atoms with E-state index in [2.05, 4.69) is 10.1 Å². The van der Waals surface area contributed by atoms with Gasteiger partial charge in [0.25, 0.3) is 0 Å². The average molecular weight is 399 g/mol. The fourth-order valence-electron chi connectivity index (χ4n) is 4.11. The minimum absolute atomic E-state index is 0.215. The number of amides is 1. The van der Waals surface area contributed by atoms with Crippen molar-refractivity contribution in [1.29, 1.82) is 0 Å². The van der Waals surface area contributed by atoms with E-state index in [1.54, 1.807) is 7.11 Å². The van der Waals surface area contributed by atoms with Gasteiger partial charge in [-0.1, -0.05) is 17.3 Å². The zero-order valence-corrected chi connectivity index (χ0v) is 17.0. The molecule has 7 nitrogen and oxygen atoms in total. The van der Waals surface area contributed by atoms with Crippen LogP contribution in [0.3, 0.4) is 0 Å². The van der Waals surface area contributed by atoms with Crippen LogP contribution in [-0.2, 0) is 16.0 Å². The van der Waals surface area contributed by atoms with E-state index in [9.17, 15) is 4.79 Å². The summed E-state index contributed by atoms with van der Waals surface area (Å²) >= 11 is 0. The van der Waals surface area contributed by atoms with Crippen molar-refractivity contribution in [3.8, 4) is 5.75 Å². The highest BCUT2D eigenvalue weighted by atomic mass is 16.5. The first-order valence-corrected chi connectivity index (χ1v) is 10.5. The summed E-state index contributed by atoms with van der Waals surface area (Å²) in [7, 11) is 1.65. The van der Waals surface area contributed by atoms with Crippen LogP contribution in [0.1, 0.15) is 61.2 Å². The highest BCUT2D eigenvalue weighted by Crippen LogP contribution is 2.30. The highest BCUT2D eigenvalue weighted by molar-refractivity contribution is 5.76. The number of aryl methyl sites for hydroxylation is 1. The molecule has 0 N–H and O–H groups in total. The molecule has 2 aliphatic heterocycles. The fraction of sp³-hybridized carbons (Fsp3) is 0.591. The molecule has 0 atom stereocenters. The molecule has 0 saturated carbocycles. The van der Waals surface area contributed by atoms with Crippen molar-refractivity contribution in [3.63, 3.8) is 0 Å². The number of carbonyl (C=O) groups excluding carboxylic acids is 1. The molecule has 2 fully saturated rings. The summed E-state index contributed by atoms with van der Waals surface area (Å²) in [5, 5.41) is 4.21. The average Bonchev–Trinajstić information content (AvgIpc) is 3.29. The van der Waals surface area contributed by atoms with E-state index in [1.807, 2.05) is 29.2 Å². The Morgan fingerprint density at radius 2 is 1.83 bits per heavy atom. The molecule has 0 bridgehead atoms. The largest absolute Gasteiger partial charge is 0.497 e. The Hall–Kier alpha value is -2.41. The Kier molecular flexibility index (Phi) is 6.44. The van der Waals surface area contributed by atoms with Crippen LogP contribution in [0.25, 0.3) is 0 Å². The minimum atomic E-state index is 0.215. The minimum Gasteiger partial charge on any atom is -0.497 e. The van der Waals surface area contributed by atoms with E-state index in [4.69, 9.17) is 14.0 Å². The number of rotatable bonds is 6. The monoisotopic (exact) mass is 399 g/mol. The fourth-order valence-corrected chi connectivity index (χ4v) is 4.11. The topological polar surface area (TPSA) is 77.7 Å². The van der Waals surface area contributed by atoms with Gasteiger partial charge in [-0.15, -0.1) is 0 Å². The van der Waals surface area contributed by atoms with Gasteiger partial charge in [0, 0.05) is 44.6 Å². The number of piperidine rings is 1. The second-order valence-corrected chi connectivity index (χ2v) is 7.88. The molecule has 4 rings (SSSR count). The molecular formula is C22H29N3O4. The Balaban J connectivity index is 1.24. The Morgan fingerprint density at radius 3 is 2.52 bits per heavy atom. The van der Waals surface area contributed by atoms with E-state index in [-0.39, 0.29) is 11.8 Å². The molecule has 29 heavy (non-hydrogen) atoms. The normalized spacial score (nSPS) is 18.7. The molecule has 3 heterocycles. The number of benzene rings is 1. The molecule has 2 saturated heterocycles. The smallest absolute Gasteiger partial charge is 0.229 e. The number of hydrogen-bond donors (Lipinski definition) is 0. The van der Waals surface area contributed by atoms with Crippen LogP contribution in [0.4, 0.5) is 0 Å². The lowest BCUT2D eigenvalue weighted by atomic mass is 9.96. The molecular weight excluding hydrogens is 370 g/mol. The number of likely N-dealkylation sites (tertiary alicyclic amines) is 1. The van der Waals surface area contributed by atoms with E-state index in [0.29, 0.717) is 12.3 Å². The molecule has 1 aromatic carbocycles. The van der Waals surface area contributed by atoms with Gasteiger partial charge in [-0.05, 0) is 49.8 Å². The number of nitrogens with zero attached hydrogens (tertiary/aromatic N) is 3. The van der Waals surface area contributed by atoms with Crippen molar-refractivity contribution in [2.75, 3.05) is 33.4 Å². The van der Waals surface area contributed by atoms with E-state index >= 15 is 0 Å². The van der Waals surface area contributed by atoms with Crippen LogP contribution < -0.4 is 4.74 Å². The van der Waals surface area contributed by atoms with E-state index in [1.165, 1.54) is 0 Å². The van der Waals surface area contributed by atoms with Crippen LogP contribution in [0, 0.1) is 0 Å². The summed E-state index contributed by atoms with van der Waals surface area (Å²) in [5.74, 6) is 3.21. The van der Waals surface area contributed by atoms with E-state index < -0.39 is 0 Å². The highest BCUT2D eigenvalue weighted by Gasteiger charge is 2.29. The predicted molar refractivity (Wildman–Crippen MR) is 107 cm³/mol. The first-order chi connectivity index (χ1) is 14.2. The second-order valence-electron chi connectivity index (χ2n) is 7.88. The number of carbonyl (C=O) groups is 1. The number of ether oxygens (including phenoxy) is 2. The molecule has 7 heteroatoms. The Bertz CT molecular complexity index is 791. The Morgan fingerprint density at radius 1 is 1.10 bits per heavy atom. The molecule has 0 radical (unpaired) electrons. The van der Waals surface area contributed by atoms with Gasteiger partial charge in [0.1, 0.15) is 5.75 Å². The number of aromatic nitrogens is 2.